The molecule has 3 rings (SSSR count). The minimum Gasteiger partial charge on any atom is -0.481 e. The average Bonchev–Trinajstić information content (AvgIpc) is 3.05. The molecule has 22 heavy (non-hydrogen) atoms. The molecule has 1 aliphatic rings. The number of hydrazine groups is 1. The first kappa shape index (κ1) is 14.9. The van der Waals surface area contributed by atoms with Crippen LogP contribution in [-0.2, 0) is 6.54 Å². The van der Waals surface area contributed by atoms with Crippen molar-refractivity contribution in [2.75, 3.05) is 20.2 Å². The summed E-state index contributed by atoms with van der Waals surface area (Å²) >= 11 is 0. The van der Waals surface area contributed by atoms with E-state index in [0.717, 1.165) is 25.2 Å². The predicted octanol–water partition coefficient (Wildman–Crippen LogP) is 1.04. The molecule has 0 aliphatic carbocycles. The van der Waals surface area contributed by atoms with Gasteiger partial charge in [-0.2, -0.15) is 0 Å². The number of ether oxygens (including phenoxy) is 1. The Morgan fingerprint density at radius 3 is 3.00 bits per heavy atom. The second kappa shape index (κ2) is 7.31. The van der Waals surface area contributed by atoms with E-state index in [0.29, 0.717) is 11.8 Å². The van der Waals surface area contributed by atoms with Crippen LogP contribution in [0.1, 0.15) is 17.2 Å². The van der Waals surface area contributed by atoms with Crippen LogP contribution in [0.4, 0.5) is 0 Å². The molecule has 2 aromatic rings. The fourth-order valence-corrected chi connectivity index (χ4v) is 2.68. The standard InChI is InChI=1S/C16H21N5O/c1-22-15-5-4-12(8-19-15)7-18-10-14-11-20-21-16(14)13-3-2-6-17-9-13/h2-6,8-9,14,16,18,20-21H,7,10-11H2,1H3. The minimum absolute atomic E-state index is 0.287. The summed E-state index contributed by atoms with van der Waals surface area (Å²) in [5.74, 6) is 1.12. The normalized spacial score (nSPS) is 21.0. The van der Waals surface area contributed by atoms with Crippen molar-refractivity contribution in [3.05, 3.63) is 54.0 Å². The van der Waals surface area contributed by atoms with Gasteiger partial charge in [0.1, 0.15) is 0 Å². The second-order valence-corrected chi connectivity index (χ2v) is 5.39. The Hall–Kier alpha value is -2.02. The molecule has 2 aromatic heterocycles. The fraction of sp³-hybridized carbons (Fsp3) is 0.375. The lowest BCUT2D eigenvalue weighted by molar-refractivity contribution is 0.397. The number of nitrogens with zero attached hydrogens (tertiary/aromatic N) is 2. The van der Waals surface area contributed by atoms with E-state index < -0.39 is 0 Å². The summed E-state index contributed by atoms with van der Waals surface area (Å²) in [5.41, 5.74) is 8.93. The molecule has 1 fully saturated rings. The zero-order valence-corrected chi connectivity index (χ0v) is 12.6. The molecule has 0 saturated carbocycles. The summed E-state index contributed by atoms with van der Waals surface area (Å²) in [7, 11) is 1.62. The van der Waals surface area contributed by atoms with Gasteiger partial charge in [-0.25, -0.2) is 10.4 Å². The summed E-state index contributed by atoms with van der Waals surface area (Å²) in [4.78, 5) is 8.41. The maximum atomic E-state index is 5.06. The lowest BCUT2D eigenvalue weighted by atomic mass is 9.96. The highest BCUT2D eigenvalue weighted by Crippen LogP contribution is 2.23. The smallest absolute Gasteiger partial charge is 0.212 e. The van der Waals surface area contributed by atoms with Gasteiger partial charge in [-0.3, -0.25) is 10.4 Å². The lowest BCUT2D eigenvalue weighted by Crippen LogP contribution is -2.28. The van der Waals surface area contributed by atoms with Gasteiger partial charge in [0, 0.05) is 50.2 Å². The molecule has 3 heterocycles. The minimum atomic E-state index is 0.287. The Bertz CT molecular complexity index is 575. The number of rotatable bonds is 6. The van der Waals surface area contributed by atoms with Crippen molar-refractivity contribution in [2.45, 2.75) is 12.6 Å². The van der Waals surface area contributed by atoms with Crippen molar-refractivity contribution in [1.29, 1.82) is 0 Å². The van der Waals surface area contributed by atoms with Gasteiger partial charge in [-0.1, -0.05) is 12.1 Å². The number of hydrogen-bond donors (Lipinski definition) is 3. The zero-order chi connectivity index (χ0) is 15.2. The lowest BCUT2D eigenvalue weighted by Gasteiger charge is -2.19. The second-order valence-electron chi connectivity index (χ2n) is 5.39. The Kier molecular flexibility index (Phi) is 4.95. The predicted molar refractivity (Wildman–Crippen MR) is 84.1 cm³/mol. The number of hydrogen-bond acceptors (Lipinski definition) is 6. The number of nitrogens with one attached hydrogen (secondary N) is 3. The van der Waals surface area contributed by atoms with Crippen LogP contribution in [0.5, 0.6) is 5.88 Å². The van der Waals surface area contributed by atoms with E-state index in [4.69, 9.17) is 4.74 Å². The van der Waals surface area contributed by atoms with Crippen LogP contribution in [-0.4, -0.2) is 30.2 Å². The van der Waals surface area contributed by atoms with Crippen LogP contribution in [0.25, 0.3) is 0 Å². The maximum absolute atomic E-state index is 5.06. The molecule has 2 atom stereocenters. The van der Waals surface area contributed by atoms with Crippen molar-refractivity contribution in [3.8, 4) is 5.88 Å². The molecule has 0 aromatic carbocycles. The van der Waals surface area contributed by atoms with E-state index in [9.17, 15) is 0 Å². The Labute approximate surface area is 130 Å². The van der Waals surface area contributed by atoms with E-state index in [1.165, 1.54) is 5.56 Å². The summed E-state index contributed by atoms with van der Waals surface area (Å²) in [6, 6.07) is 8.28. The van der Waals surface area contributed by atoms with E-state index >= 15 is 0 Å². The van der Waals surface area contributed by atoms with Crippen molar-refractivity contribution in [2.24, 2.45) is 5.92 Å². The number of pyridine rings is 2. The highest BCUT2D eigenvalue weighted by molar-refractivity contribution is 5.18. The third-order valence-corrected chi connectivity index (χ3v) is 3.88. The van der Waals surface area contributed by atoms with Crippen molar-refractivity contribution in [3.63, 3.8) is 0 Å². The van der Waals surface area contributed by atoms with Crippen LogP contribution >= 0.6 is 0 Å². The highest BCUT2D eigenvalue weighted by atomic mass is 16.5. The van der Waals surface area contributed by atoms with Gasteiger partial charge in [-0.15, -0.1) is 0 Å². The number of methoxy groups -OCH3 is 1. The molecule has 6 nitrogen and oxygen atoms in total. The SMILES string of the molecule is COc1ccc(CNCC2CNNC2c2cccnc2)cn1. The molecule has 6 heteroatoms. The summed E-state index contributed by atoms with van der Waals surface area (Å²) in [5, 5.41) is 3.50. The first-order valence-corrected chi connectivity index (χ1v) is 7.45. The molecule has 0 bridgehead atoms. The number of aromatic nitrogens is 2. The maximum Gasteiger partial charge on any atom is 0.212 e. The first-order chi connectivity index (χ1) is 10.9. The Balaban J connectivity index is 1.52. The topological polar surface area (TPSA) is 71.1 Å². The van der Waals surface area contributed by atoms with Crippen LogP contribution in [0.2, 0.25) is 0 Å². The summed E-state index contributed by atoms with van der Waals surface area (Å²) in [6.07, 6.45) is 5.57. The van der Waals surface area contributed by atoms with Gasteiger partial charge in [-0.05, 0) is 17.2 Å². The molecule has 0 spiro atoms. The van der Waals surface area contributed by atoms with Gasteiger partial charge in [0.05, 0.1) is 13.2 Å². The molecule has 1 aliphatic heterocycles. The van der Waals surface area contributed by atoms with Crippen molar-refractivity contribution < 1.29 is 4.74 Å². The molecule has 2 unspecified atom stereocenters. The highest BCUT2D eigenvalue weighted by Gasteiger charge is 2.27. The van der Waals surface area contributed by atoms with Gasteiger partial charge < -0.3 is 10.1 Å². The van der Waals surface area contributed by atoms with Crippen LogP contribution < -0.4 is 20.9 Å². The molecular weight excluding hydrogens is 278 g/mol. The summed E-state index contributed by atoms with van der Waals surface area (Å²) in [6.45, 7) is 2.66. The van der Waals surface area contributed by atoms with Gasteiger partial charge >= 0.3 is 0 Å². The molecule has 116 valence electrons. The Morgan fingerprint density at radius 1 is 1.32 bits per heavy atom. The van der Waals surface area contributed by atoms with E-state index in [1.54, 1.807) is 13.3 Å². The molecule has 1 saturated heterocycles. The first-order valence-electron chi connectivity index (χ1n) is 7.45. The third kappa shape index (κ3) is 3.59. The average molecular weight is 299 g/mol. The molecule has 0 radical (unpaired) electrons. The largest absolute Gasteiger partial charge is 0.481 e. The van der Waals surface area contributed by atoms with E-state index in [-0.39, 0.29) is 6.04 Å². The molecule has 3 N–H and O–H groups in total. The van der Waals surface area contributed by atoms with E-state index in [2.05, 4.69) is 32.2 Å². The van der Waals surface area contributed by atoms with Crippen LogP contribution in [0.15, 0.2) is 42.9 Å². The quantitative estimate of drug-likeness (QED) is 0.740. The van der Waals surface area contributed by atoms with Gasteiger partial charge in [0.15, 0.2) is 0 Å². The van der Waals surface area contributed by atoms with Crippen LogP contribution in [0.3, 0.4) is 0 Å². The van der Waals surface area contributed by atoms with Gasteiger partial charge in [0.25, 0.3) is 0 Å². The Morgan fingerprint density at radius 2 is 2.27 bits per heavy atom. The van der Waals surface area contributed by atoms with E-state index in [1.807, 2.05) is 30.6 Å². The van der Waals surface area contributed by atoms with Crippen molar-refractivity contribution >= 4 is 0 Å². The molecule has 0 amide bonds. The third-order valence-electron chi connectivity index (χ3n) is 3.88. The monoisotopic (exact) mass is 299 g/mol. The van der Waals surface area contributed by atoms with Gasteiger partial charge in [0.2, 0.25) is 5.88 Å². The summed E-state index contributed by atoms with van der Waals surface area (Å²) < 4.78 is 5.06. The fourth-order valence-electron chi connectivity index (χ4n) is 2.68. The zero-order valence-electron chi connectivity index (χ0n) is 12.6. The van der Waals surface area contributed by atoms with Crippen LogP contribution in [0, 0.1) is 5.92 Å². The molecular formula is C16H21N5O. The van der Waals surface area contributed by atoms with Crippen molar-refractivity contribution in [1.82, 2.24) is 26.1 Å².